The molecule has 0 spiro atoms. The summed E-state index contributed by atoms with van der Waals surface area (Å²) in [5.41, 5.74) is 0.875. The smallest absolute Gasteiger partial charge is 0.340 e. The lowest BCUT2D eigenvalue weighted by molar-refractivity contribution is -0.144. The van der Waals surface area contributed by atoms with E-state index in [0.717, 1.165) is 5.56 Å². The number of benzene rings is 2. The van der Waals surface area contributed by atoms with Gasteiger partial charge in [0.05, 0.1) is 6.54 Å². The number of rotatable bonds is 7. The van der Waals surface area contributed by atoms with Gasteiger partial charge in [0.1, 0.15) is 17.7 Å². The van der Waals surface area contributed by atoms with Gasteiger partial charge in [0.15, 0.2) is 0 Å². The summed E-state index contributed by atoms with van der Waals surface area (Å²) in [5, 5.41) is 15.9. The molecule has 0 saturated carbocycles. The van der Waals surface area contributed by atoms with Crippen molar-refractivity contribution in [2.75, 3.05) is 0 Å². The van der Waals surface area contributed by atoms with Crippen LogP contribution in [0.15, 0.2) is 59.4 Å². The van der Waals surface area contributed by atoms with Crippen molar-refractivity contribution in [2.45, 2.75) is 19.1 Å². The summed E-state index contributed by atoms with van der Waals surface area (Å²) in [6.07, 6.45) is 0. The summed E-state index contributed by atoms with van der Waals surface area (Å²) in [6.45, 7) is 0.409. The molecule has 1 aromatic heterocycles. The number of carboxylic acid groups (broad SMARTS) is 1. The molecule has 0 aliphatic rings. The Morgan fingerprint density at radius 1 is 1.12 bits per heavy atom. The predicted molar refractivity (Wildman–Crippen MR) is 91.7 cm³/mol. The molecule has 0 unspecified atom stereocenters. The average Bonchev–Trinajstić information content (AvgIpc) is 3.02. The number of hydrogen-bond acceptors (Lipinski definition) is 4. The maximum Gasteiger partial charge on any atom is 0.340 e. The van der Waals surface area contributed by atoms with E-state index < -0.39 is 23.5 Å². The number of H-pyrrole nitrogens is 2. The van der Waals surface area contributed by atoms with Gasteiger partial charge in [0.25, 0.3) is 0 Å². The molecule has 3 N–H and O–H groups in total. The highest BCUT2D eigenvalue weighted by molar-refractivity contribution is 5.75. The van der Waals surface area contributed by atoms with Crippen molar-refractivity contribution in [2.24, 2.45) is 0 Å². The van der Waals surface area contributed by atoms with E-state index in [1.165, 1.54) is 24.3 Å². The molecule has 2 aromatic carbocycles. The maximum absolute atomic E-state index is 13.2. The van der Waals surface area contributed by atoms with Crippen molar-refractivity contribution in [3.63, 3.8) is 0 Å². The second kappa shape index (κ2) is 7.75. The van der Waals surface area contributed by atoms with Crippen molar-refractivity contribution in [3.05, 3.63) is 87.9 Å². The zero-order chi connectivity index (χ0) is 18.5. The third kappa shape index (κ3) is 4.22. The molecule has 3 aromatic rings. The molecule has 134 valence electrons. The van der Waals surface area contributed by atoms with Gasteiger partial charge in [-0.05, 0) is 23.3 Å². The van der Waals surface area contributed by atoms with E-state index in [0.29, 0.717) is 17.9 Å². The number of carboxylic acids is 1. The molecule has 1 atom stereocenters. The van der Waals surface area contributed by atoms with Crippen LogP contribution in [0.1, 0.15) is 23.0 Å². The molecule has 7 nitrogen and oxygen atoms in total. The zero-order valence-electron chi connectivity index (χ0n) is 13.7. The lowest BCUT2D eigenvalue weighted by Gasteiger charge is -2.28. The lowest BCUT2D eigenvalue weighted by Crippen LogP contribution is -2.34. The summed E-state index contributed by atoms with van der Waals surface area (Å²) in [7, 11) is 0. The summed E-state index contributed by atoms with van der Waals surface area (Å²) < 4.78 is 13.2. The van der Waals surface area contributed by atoms with Gasteiger partial charge in [0, 0.05) is 6.54 Å². The van der Waals surface area contributed by atoms with Gasteiger partial charge in [-0.25, -0.2) is 14.3 Å². The molecule has 0 aliphatic heterocycles. The van der Waals surface area contributed by atoms with Crippen molar-refractivity contribution in [3.8, 4) is 0 Å². The summed E-state index contributed by atoms with van der Waals surface area (Å²) in [6, 6.07) is 13.6. The average molecular weight is 356 g/mol. The van der Waals surface area contributed by atoms with Crippen LogP contribution in [0.4, 0.5) is 4.39 Å². The number of aromatic nitrogens is 3. The van der Waals surface area contributed by atoms with E-state index in [1.807, 2.05) is 30.3 Å². The molecule has 8 heteroatoms. The Balaban J connectivity index is 1.96. The highest BCUT2D eigenvalue weighted by Gasteiger charge is 2.28. The van der Waals surface area contributed by atoms with Crippen LogP contribution in [-0.2, 0) is 17.9 Å². The van der Waals surface area contributed by atoms with Crippen LogP contribution in [0.3, 0.4) is 0 Å². The highest BCUT2D eigenvalue weighted by atomic mass is 19.1. The van der Waals surface area contributed by atoms with Gasteiger partial charge in [-0.1, -0.05) is 42.5 Å². The van der Waals surface area contributed by atoms with E-state index in [9.17, 15) is 19.1 Å². The van der Waals surface area contributed by atoms with Gasteiger partial charge >= 0.3 is 11.7 Å². The molecular weight excluding hydrogens is 339 g/mol. The molecule has 0 amide bonds. The first-order valence-electron chi connectivity index (χ1n) is 7.93. The normalized spacial score (nSPS) is 12.2. The summed E-state index contributed by atoms with van der Waals surface area (Å²) in [4.78, 5) is 27.4. The molecular formula is C18H17FN4O3. The number of halogens is 1. The largest absolute Gasteiger partial charge is 0.480 e. The van der Waals surface area contributed by atoms with E-state index in [-0.39, 0.29) is 6.54 Å². The van der Waals surface area contributed by atoms with E-state index in [2.05, 4.69) is 15.2 Å². The predicted octanol–water partition coefficient (Wildman–Crippen LogP) is 2.07. The fourth-order valence-electron chi connectivity index (χ4n) is 2.78. The zero-order valence-corrected chi connectivity index (χ0v) is 13.7. The molecule has 0 radical (unpaired) electrons. The number of aromatic amines is 2. The van der Waals surface area contributed by atoms with Crippen LogP contribution in [0.25, 0.3) is 0 Å². The van der Waals surface area contributed by atoms with Gasteiger partial charge in [-0.15, -0.1) is 0 Å². The minimum absolute atomic E-state index is 0.0992. The Morgan fingerprint density at radius 3 is 2.38 bits per heavy atom. The van der Waals surface area contributed by atoms with Gasteiger partial charge in [-0.2, -0.15) is 5.10 Å². The van der Waals surface area contributed by atoms with Crippen LogP contribution in [-0.4, -0.2) is 31.2 Å². The topological polar surface area (TPSA) is 102 Å². The molecule has 1 heterocycles. The van der Waals surface area contributed by atoms with Crippen molar-refractivity contribution >= 4 is 5.97 Å². The van der Waals surface area contributed by atoms with Gasteiger partial charge < -0.3 is 5.11 Å². The number of hydrogen-bond donors (Lipinski definition) is 3. The SMILES string of the molecule is O=C(O)[C@H](c1ccc(F)cc1)N(Cc1ccccc1)Cc1n[nH]c(=O)[nH]1. The molecule has 26 heavy (non-hydrogen) atoms. The second-order valence-corrected chi connectivity index (χ2v) is 5.81. The fraction of sp³-hybridized carbons (Fsp3) is 0.167. The minimum Gasteiger partial charge on any atom is -0.480 e. The number of nitrogens with one attached hydrogen (secondary N) is 2. The van der Waals surface area contributed by atoms with E-state index in [1.54, 1.807) is 4.90 Å². The lowest BCUT2D eigenvalue weighted by atomic mass is 10.0. The van der Waals surface area contributed by atoms with Crippen LogP contribution < -0.4 is 5.69 Å². The summed E-state index contributed by atoms with van der Waals surface area (Å²) in [5.74, 6) is -1.20. The quantitative estimate of drug-likeness (QED) is 0.601. The third-order valence-corrected chi connectivity index (χ3v) is 3.92. The Labute approximate surface area is 148 Å². The molecule has 0 aliphatic carbocycles. The standard InChI is InChI=1S/C18H17FN4O3/c19-14-8-6-13(7-9-14)16(17(24)25)23(10-12-4-2-1-3-5-12)11-15-20-18(26)22-21-15/h1-9,16H,10-11H2,(H,24,25)(H2,20,21,22,26)/t16-/m0/s1. The first-order valence-corrected chi connectivity index (χ1v) is 7.93. The molecule has 0 bridgehead atoms. The van der Waals surface area contributed by atoms with Crippen molar-refractivity contribution in [1.29, 1.82) is 0 Å². The molecule has 0 saturated heterocycles. The first kappa shape index (κ1) is 17.6. The van der Waals surface area contributed by atoms with Crippen LogP contribution in [0, 0.1) is 5.82 Å². The maximum atomic E-state index is 13.2. The highest BCUT2D eigenvalue weighted by Crippen LogP contribution is 2.25. The van der Waals surface area contributed by atoms with Crippen LogP contribution in [0.5, 0.6) is 0 Å². The fourth-order valence-corrected chi connectivity index (χ4v) is 2.78. The second-order valence-electron chi connectivity index (χ2n) is 5.81. The van der Waals surface area contributed by atoms with E-state index in [4.69, 9.17) is 0 Å². The Bertz CT molecular complexity index is 921. The Morgan fingerprint density at radius 2 is 1.81 bits per heavy atom. The third-order valence-electron chi connectivity index (χ3n) is 3.92. The molecule has 3 rings (SSSR count). The molecule has 0 fully saturated rings. The monoisotopic (exact) mass is 356 g/mol. The van der Waals surface area contributed by atoms with Crippen LogP contribution >= 0.6 is 0 Å². The van der Waals surface area contributed by atoms with Gasteiger partial charge in [-0.3, -0.25) is 14.7 Å². The Kier molecular flexibility index (Phi) is 5.23. The van der Waals surface area contributed by atoms with Crippen molar-refractivity contribution < 1.29 is 14.3 Å². The minimum atomic E-state index is -1.08. The first-order chi connectivity index (χ1) is 12.5. The van der Waals surface area contributed by atoms with Crippen molar-refractivity contribution in [1.82, 2.24) is 20.1 Å². The number of nitrogens with zero attached hydrogens (tertiary/aromatic N) is 2. The van der Waals surface area contributed by atoms with Crippen LogP contribution in [0.2, 0.25) is 0 Å². The van der Waals surface area contributed by atoms with Gasteiger partial charge in [0.2, 0.25) is 0 Å². The Hall–Kier alpha value is -3.26. The summed E-state index contributed by atoms with van der Waals surface area (Å²) >= 11 is 0. The number of carbonyl (C=O) groups is 1. The van der Waals surface area contributed by atoms with E-state index >= 15 is 0 Å². The number of aliphatic carboxylic acids is 1.